The van der Waals surface area contributed by atoms with Crippen LogP contribution in [0.5, 0.6) is 5.75 Å². The second kappa shape index (κ2) is 7.59. The van der Waals surface area contributed by atoms with Gasteiger partial charge in [-0.2, -0.15) is 8.78 Å². The third kappa shape index (κ3) is 5.15. The molecule has 1 aromatic rings. The monoisotopic (exact) mass is 361 g/mol. The zero-order valence-electron chi connectivity index (χ0n) is 11.5. The summed E-state index contributed by atoms with van der Waals surface area (Å²) < 4.78 is 30.0. The van der Waals surface area contributed by atoms with Crippen LogP contribution >= 0.6 is 15.9 Å². The molecule has 3 N–H and O–H groups in total. The summed E-state index contributed by atoms with van der Waals surface area (Å²) in [6.45, 7) is -2.67. The van der Waals surface area contributed by atoms with Crippen molar-refractivity contribution in [2.45, 2.75) is 44.9 Å². The topological polar surface area (TPSA) is 59.6 Å². The lowest BCUT2D eigenvalue weighted by Gasteiger charge is -2.13. The number of halogens is 3. The molecule has 116 valence electrons. The lowest BCUT2D eigenvalue weighted by molar-refractivity contribution is -0.0504. The molecule has 1 aliphatic carbocycles. The molecular weight excluding hydrogens is 344 g/mol. The first-order valence-corrected chi connectivity index (χ1v) is 7.63. The van der Waals surface area contributed by atoms with Gasteiger partial charge in [0.05, 0.1) is 6.54 Å². The van der Waals surface area contributed by atoms with Gasteiger partial charge in [0.2, 0.25) is 0 Å². The van der Waals surface area contributed by atoms with Gasteiger partial charge in [-0.3, -0.25) is 0 Å². The van der Waals surface area contributed by atoms with Crippen molar-refractivity contribution in [2.24, 2.45) is 10.7 Å². The smallest absolute Gasteiger partial charge is 0.387 e. The van der Waals surface area contributed by atoms with Crippen LogP contribution in [0.2, 0.25) is 0 Å². The largest absolute Gasteiger partial charge is 0.434 e. The molecule has 1 fully saturated rings. The second-order valence-corrected chi connectivity index (χ2v) is 5.87. The van der Waals surface area contributed by atoms with Gasteiger partial charge in [-0.05, 0) is 31.0 Å². The Kier molecular flexibility index (Phi) is 5.78. The number of alkyl halides is 2. The summed E-state index contributed by atoms with van der Waals surface area (Å²) in [4.78, 5) is 4.20. The van der Waals surface area contributed by atoms with Gasteiger partial charge in [0.15, 0.2) is 5.96 Å². The standard InChI is InChI=1S/C14H18BrF2N3O/c15-10-5-6-12(21-13(16)17)9(7-10)8-19-14(18)20-11-3-1-2-4-11/h5-7,11,13H,1-4,8H2,(H3,18,19,20). The second-order valence-electron chi connectivity index (χ2n) is 4.96. The van der Waals surface area contributed by atoms with E-state index in [9.17, 15) is 8.78 Å². The van der Waals surface area contributed by atoms with Crippen molar-refractivity contribution in [3.8, 4) is 5.75 Å². The molecular formula is C14H18BrF2N3O. The van der Waals surface area contributed by atoms with Crippen LogP contribution in [0.3, 0.4) is 0 Å². The van der Waals surface area contributed by atoms with Crippen LogP contribution in [0.1, 0.15) is 31.2 Å². The summed E-state index contributed by atoms with van der Waals surface area (Å²) in [5.41, 5.74) is 6.39. The number of nitrogens with one attached hydrogen (secondary N) is 1. The van der Waals surface area contributed by atoms with Gasteiger partial charge < -0.3 is 15.8 Å². The highest BCUT2D eigenvalue weighted by atomic mass is 79.9. The molecule has 0 bridgehead atoms. The van der Waals surface area contributed by atoms with E-state index in [1.54, 1.807) is 12.1 Å². The van der Waals surface area contributed by atoms with Gasteiger partial charge in [-0.1, -0.05) is 28.8 Å². The molecule has 2 rings (SSSR count). The molecule has 0 aromatic heterocycles. The fourth-order valence-corrected chi connectivity index (χ4v) is 2.79. The molecule has 4 nitrogen and oxygen atoms in total. The minimum Gasteiger partial charge on any atom is -0.434 e. The quantitative estimate of drug-likeness (QED) is 0.624. The van der Waals surface area contributed by atoms with E-state index < -0.39 is 6.61 Å². The molecule has 0 heterocycles. The molecule has 0 saturated heterocycles. The molecule has 0 unspecified atom stereocenters. The number of rotatable bonds is 5. The highest BCUT2D eigenvalue weighted by Crippen LogP contribution is 2.25. The molecule has 0 spiro atoms. The van der Waals surface area contributed by atoms with Crippen LogP contribution in [0, 0.1) is 0 Å². The molecule has 0 aliphatic heterocycles. The van der Waals surface area contributed by atoms with Crippen molar-refractivity contribution in [2.75, 3.05) is 0 Å². The molecule has 0 amide bonds. The third-order valence-corrected chi connectivity index (χ3v) is 3.86. The van der Waals surface area contributed by atoms with Gasteiger partial charge >= 0.3 is 6.61 Å². The maximum absolute atomic E-state index is 12.4. The number of nitrogens with two attached hydrogens (primary N) is 1. The SMILES string of the molecule is NC(=NCc1cc(Br)ccc1OC(F)F)NC1CCCC1. The van der Waals surface area contributed by atoms with Crippen molar-refractivity contribution in [1.82, 2.24) is 5.32 Å². The van der Waals surface area contributed by atoms with Crippen LogP contribution in [-0.4, -0.2) is 18.6 Å². The molecule has 1 aromatic carbocycles. The van der Waals surface area contributed by atoms with Gasteiger partial charge in [0.1, 0.15) is 5.75 Å². The number of aliphatic imine (C=N–C) groups is 1. The molecule has 7 heteroatoms. The first-order chi connectivity index (χ1) is 10.0. The molecule has 1 aliphatic rings. The molecule has 1 saturated carbocycles. The van der Waals surface area contributed by atoms with E-state index in [4.69, 9.17) is 5.73 Å². The predicted octanol–water partition coefficient (Wildman–Crippen LogP) is 3.40. The third-order valence-electron chi connectivity index (χ3n) is 3.37. The molecule has 21 heavy (non-hydrogen) atoms. The number of hydrogen-bond donors (Lipinski definition) is 2. The summed E-state index contributed by atoms with van der Waals surface area (Å²) >= 11 is 3.30. The summed E-state index contributed by atoms with van der Waals surface area (Å²) in [5.74, 6) is 0.454. The minimum atomic E-state index is -2.86. The highest BCUT2D eigenvalue weighted by Gasteiger charge is 2.15. The van der Waals surface area contributed by atoms with Crippen LogP contribution < -0.4 is 15.8 Å². The minimum absolute atomic E-state index is 0.116. The summed E-state index contributed by atoms with van der Waals surface area (Å²) in [7, 11) is 0. The van der Waals surface area contributed by atoms with Crippen molar-refractivity contribution >= 4 is 21.9 Å². The maximum Gasteiger partial charge on any atom is 0.387 e. The fraction of sp³-hybridized carbons (Fsp3) is 0.500. The average Bonchev–Trinajstić information content (AvgIpc) is 2.91. The van der Waals surface area contributed by atoms with Crippen LogP contribution in [0.4, 0.5) is 8.78 Å². The van der Waals surface area contributed by atoms with E-state index in [1.165, 1.54) is 18.9 Å². The van der Waals surface area contributed by atoms with Crippen LogP contribution in [0.15, 0.2) is 27.7 Å². The van der Waals surface area contributed by atoms with E-state index >= 15 is 0 Å². The Labute approximate surface area is 130 Å². The van der Waals surface area contributed by atoms with Gasteiger partial charge in [-0.15, -0.1) is 0 Å². The van der Waals surface area contributed by atoms with Crippen LogP contribution in [0.25, 0.3) is 0 Å². The molecule has 0 atom stereocenters. The van der Waals surface area contributed by atoms with E-state index in [1.807, 2.05) is 0 Å². The predicted molar refractivity (Wildman–Crippen MR) is 81.5 cm³/mol. The van der Waals surface area contributed by atoms with E-state index in [0.29, 0.717) is 17.6 Å². The Morgan fingerprint density at radius 3 is 2.81 bits per heavy atom. The van der Waals surface area contributed by atoms with E-state index in [2.05, 4.69) is 31.0 Å². The maximum atomic E-state index is 12.4. The van der Waals surface area contributed by atoms with E-state index in [0.717, 1.165) is 17.3 Å². The lowest BCUT2D eigenvalue weighted by atomic mass is 10.2. The number of benzene rings is 1. The average molecular weight is 362 g/mol. The Hall–Kier alpha value is -1.37. The number of guanidine groups is 1. The van der Waals surface area contributed by atoms with Crippen molar-refractivity contribution in [1.29, 1.82) is 0 Å². The van der Waals surface area contributed by atoms with Gasteiger partial charge in [0, 0.05) is 16.1 Å². The summed E-state index contributed by atoms with van der Waals surface area (Å²) in [5, 5.41) is 3.15. The normalized spacial score (nSPS) is 16.5. The van der Waals surface area contributed by atoms with Gasteiger partial charge in [-0.25, -0.2) is 4.99 Å². The summed E-state index contributed by atoms with van der Waals surface area (Å²) in [6.07, 6.45) is 4.58. The zero-order valence-corrected chi connectivity index (χ0v) is 13.1. The first-order valence-electron chi connectivity index (χ1n) is 6.84. The Morgan fingerprint density at radius 1 is 1.43 bits per heavy atom. The highest BCUT2D eigenvalue weighted by molar-refractivity contribution is 9.10. The number of hydrogen-bond acceptors (Lipinski definition) is 2. The van der Waals surface area contributed by atoms with Crippen molar-refractivity contribution in [3.05, 3.63) is 28.2 Å². The van der Waals surface area contributed by atoms with Crippen molar-refractivity contribution < 1.29 is 13.5 Å². The van der Waals surface area contributed by atoms with Gasteiger partial charge in [0.25, 0.3) is 0 Å². The molecule has 0 radical (unpaired) electrons. The number of nitrogens with zero attached hydrogens (tertiary/aromatic N) is 1. The van der Waals surface area contributed by atoms with Crippen LogP contribution in [-0.2, 0) is 6.54 Å². The van der Waals surface area contributed by atoms with Crippen molar-refractivity contribution in [3.63, 3.8) is 0 Å². The summed E-state index contributed by atoms with van der Waals surface area (Å²) in [6, 6.07) is 5.20. The fourth-order valence-electron chi connectivity index (χ4n) is 2.38. The zero-order chi connectivity index (χ0) is 15.2. The Bertz CT molecular complexity index is 505. The number of ether oxygens (including phenoxy) is 1. The Balaban J connectivity index is 2.01. The lowest BCUT2D eigenvalue weighted by Crippen LogP contribution is -2.38. The first kappa shape index (κ1) is 16.0. The van der Waals surface area contributed by atoms with E-state index in [-0.39, 0.29) is 12.3 Å². The Morgan fingerprint density at radius 2 is 2.14 bits per heavy atom.